The second kappa shape index (κ2) is 4.99. The van der Waals surface area contributed by atoms with E-state index in [-0.39, 0.29) is 5.03 Å². The summed E-state index contributed by atoms with van der Waals surface area (Å²) in [5.74, 6) is 0.878. The van der Waals surface area contributed by atoms with Gasteiger partial charge in [0.25, 0.3) is 10.0 Å². The summed E-state index contributed by atoms with van der Waals surface area (Å²) in [6.45, 7) is 1.69. The predicted octanol–water partition coefficient (Wildman–Crippen LogP) is 2.26. The van der Waals surface area contributed by atoms with Gasteiger partial charge in [0.1, 0.15) is 5.82 Å². The van der Waals surface area contributed by atoms with Crippen LogP contribution in [0.15, 0.2) is 35.5 Å². The van der Waals surface area contributed by atoms with Gasteiger partial charge in [-0.05, 0) is 24.6 Å². The fourth-order valence-corrected chi connectivity index (χ4v) is 2.65. The number of aryl methyl sites for hydroxylation is 1. The van der Waals surface area contributed by atoms with Crippen molar-refractivity contribution in [2.45, 2.75) is 17.8 Å². The van der Waals surface area contributed by atoms with E-state index < -0.39 is 10.0 Å². The minimum atomic E-state index is -3.63. The number of alkyl halides is 1. The predicted molar refractivity (Wildman–Crippen MR) is 70.1 cm³/mol. The maximum Gasteiger partial charge on any atom is 0.278 e. The summed E-state index contributed by atoms with van der Waals surface area (Å²) < 4.78 is 26.5. The van der Waals surface area contributed by atoms with E-state index in [0.717, 1.165) is 5.56 Å². The minimum Gasteiger partial charge on any atom is -0.332 e. The van der Waals surface area contributed by atoms with Crippen LogP contribution in [0.4, 0.5) is 5.69 Å². The molecular weight excluding hydrogens is 274 g/mol. The molecule has 0 bridgehead atoms. The molecule has 0 aliphatic rings. The molecule has 1 heterocycles. The molecule has 1 aromatic heterocycles. The van der Waals surface area contributed by atoms with Crippen molar-refractivity contribution in [1.82, 2.24) is 9.97 Å². The van der Waals surface area contributed by atoms with Crippen LogP contribution in [0.1, 0.15) is 11.4 Å². The van der Waals surface area contributed by atoms with Crippen LogP contribution in [0.25, 0.3) is 0 Å². The van der Waals surface area contributed by atoms with Gasteiger partial charge in [-0.3, -0.25) is 4.72 Å². The zero-order chi connectivity index (χ0) is 13.2. The number of nitrogens with zero attached hydrogens (tertiary/aromatic N) is 1. The zero-order valence-corrected chi connectivity index (χ0v) is 11.2. The van der Waals surface area contributed by atoms with Crippen LogP contribution < -0.4 is 4.72 Å². The molecule has 0 aliphatic heterocycles. The molecule has 5 nitrogen and oxygen atoms in total. The van der Waals surface area contributed by atoms with Gasteiger partial charge in [0, 0.05) is 11.6 Å². The first kappa shape index (κ1) is 12.9. The third-order valence-electron chi connectivity index (χ3n) is 2.30. The Morgan fingerprint density at radius 3 is 2.83 bits per heavy atom. The zero-order valence-electron chi connectivity index (χ0n) is 9.64. The number of sulfonamides is 1. The van der Waals surface area contributed by atoms with Gasteiger partial charge in [-0.25, -0.2) is 4.98 Å². The van der Waals surface area contributed by atoms with Crippen LogP contribution in [0.3, 0.4) is 0 Å². The Balaban J connectivity index is 2.27. The van der Waals surface area contributed by atoms with Gasteiger partial charge in [-0.15, -0.1) is 11.6 Å². The van der Waals surface area contributed by atoms with Crippen LogP contribution >= 0.6 is 11.6 Å². The van der Waals surface area contributed by atoms with E-state index in [9.17, 15) is 8.42 Å². The smallest absolute Gasteiger partial charge is 0.278 e. The van der Waals surface area contributed by atoms with Crippen molar-refractivity contribution in [3.8, 4) is 0 Å². The van der Waals surface area contributed by atoms with E-state index >= 15 is 0 Å². The molecule has 18 heavy (non-hydrogen) atoms. The lowest BCUT2D eigenvalue weighted by Crippen LogP contribution is -2.13. The molecule has 0 aliphatic carbocycles. The molecule has 0 fully saturated rings. The lowest BCUT2D eigenvalue weighted by Gasteiger charge is -2.07. The first-order valence-corrected chi connectivity index (χ1v) is 7.22. The number of hydrogen-bond donors (Lipinski definition) is 2. The maximum atomic E-state index is 12.0. The third kappa shape index (κ3) is 2.83. The Kier molecular flexibility index (Phi) is 3.58. The Hall–Kier alpha value is -1.53. The monoisotopic (exact) mass is 285 g/mol. The summed E-state index contributed by atoms with van der Waals surface area (Å²) in [5.41, 5.74) is 1.32. The van der Waals surface area contributed by atoms with Gasteiger partial charge in [-0.2, -0.15) is 8.42 Å². The van der Waals surface area contributed by atoms with Gasteiger partial charge in [0.05, 0.1) is 6.20 Å². The van der Waals surface area contributed by atoms with Gasteiger partial charge in [0.2, 0.25) is 0 Å². The van der Waals surface area contributed by atoms with E-state index in [4.69, 9.17) is 11.6 Å². The number of H-pyrrole nitrogens is 1. The fourth-order valence-electron chi connectivity index (χ4n) is 1.46. The molecule has 96 valence electrons. The highest BCUT2D eigenvalue weighted by atomic mass is 35.5. The van der Waals surface area contributed by atoms with Crippen LogP contribution in [-0.4, -0.2) is 18.4 Å². The van der Waals surface area contributed by atoms with Gasteiger partial charge < -0.3 is 4.98 Å². The Bertz CT molecular complexity index is 652. The van der Waals surface area contributed by atoms with Crippen molar-refractivity contribution < 1.29 is 8.42 Å². The molecule has 2 rings (SSSR count). The standard InChI is InChI=1S/C11H12ClN3O2S/c1-8-13-7-11(14-8)18(16,17)15-10-4-2-3-9(5-10)6-12/h2-5,7,15H,6H2,1H3,(H,13,14). The molecule has 0 unspecified atom stereocenters. The summed E-state index contributed by atoms with van der Waals surface area (Å²) in [4.78, 5) is 6.54. The van der Waals surface area contributed by atoms with Crippen molar-refractivity contribution in [2.24, 2.45) is 0 Å². The lowest BCUT2D eigenvalue weighted by atomic mass is 10.2. The van der Waals surface area contributed by atoms with E-state index in [1.165, 1.54) is 6.20 Å². The van der Waals surface area contributed by atoms with Crippen LogP contribution in [0, 0.1) is 6.92 Å². The molecule has 0 saturated carbocycles. The Labute approximate surface area is 110 Å². The maximum absolute atomic E-state index is 12.0. The molecule has 2 N–H and O–H groups in total. The molecule has 0 amide bonds. The van der Waals surface area contributed by atoms with Gasteiger partial charge >= 0.3 is 0 Å². The van der Waals surface area contributed by atoms with Gasteiger partial charge in [-0.1, -0.05) is 12.1 Å². The number of nitrogens with one attached hydrogen (secondary N) is 2. The Morgan fingerprint density at radius 1 is 1.44 bits per heavy atom. The highest BCUT2D eigenvalue weighted by molar-refractivity contribution is 7.92. The van der Waals surface area contributed by atoms with Crippen molar-refractivity contribution in [1.29, 1.82) is 0 Å². The molecule has 0 atom stereocenters. The second-order valence-corrected chi connectivity index (χ2v) is 5.69. The molecule has 2 aromatic rings. The molecular formula is C11H12ClN3O2S. The first-order valence-electron chi connectivity index (χ1n) is 5.20. The van der Waals surface area contributed by atoms with E-state index in [2.05, 4.69) is 14.7 Å². The number of anilines is 1. The SMILES string of the molecule is Cc1ncc(S(=O)(=O)Nc2cccc(CCl)c2)[nH]1. The number of hydrogen-bond acceptors (Lipinski definition) is 3. The molecule has 0 saturated heterocycles. The average Bonchev–Trinajstić information content (AvgIpc) is 2.76. The topological polar surface area (TPSA) is 74.8 Å². The van der Waals surface area contributed by atoms with Crippen molar-refractivity contribution in [3.05, 3.63) is 41.9 Å². The summed E-state index contributed by atoms with van der Waals surface area (Å²) in [5, 5.41) is 0.0382. The lowest BCUT2D eigenvalue weighted by molar-refractivity contribution is 0.598. The van der Waals surface area contributed by atoms with Gasteiger partial charge in [0.15, 0.2) is 5.03 Å². The first-order chi connectivity index (χ1) is 8.51. The van der Waals surface area contributed by atoms with Crippen LogP contribution in [0.2, 0.25) is 0 Å². The van der Waals surface area contributed by atoms with Crippen molar-refractivity contribution in [3.63, 3.8) is 0 Å². The molecule has 0 radical (unpaired) electrons. The van der Waals surface area contributed by atoms with Crippen molar-refractivity contribution >= 4 is 27.3 Å². The van der Waals surface area contributed by atoms with Crippen LogP contribution in [-0.2, 0) is 15.9 Å². The minimum absolute atomic E-state index is 0.0382. The molecule has 1 aromatic carbocycles. The third-order valence-corrected chi connectivity index (χ3v) is 3.90. The summed E-state index contributed by atoms with van der Waals surface area (Å²) in [6, 6.07) is 6.92. The second-order valence-electron chi connectivity index (χ2n) is 3.77. The van der Waals surface area contributed by atoms with E-state index in [1.54, 1.807) is 25.1 Å². The van der Waals surface area contributed by atoms with E-state index in [1.807, 2.05) is 6.07 Å². The number of imidazole rings is 1. The van der Waals surface area contributed by atoms with E-state index in [0.29, 0.717) is 17.4 Å². The largest absolute Gasteiger partial charge is 0.332 e. The number of benzene rings is 1. The molecule has 0 spiro atoms. The summed E-state index contributed by atoms with van der Waals surface area (Å²) in [7, 11) is -3.63. The quantitative estimate of drug-likeness (QED) is 0.846. The summed E-state index contributed by atoms with van der Waals surface area (Å²) >= 11 is 5.70. The number of rotatable bonds is 4. The highest BCUT2D eigenvalue weighted by Gasteiger charge is 2.16. The number of halogens is 1. The van der Waals surface area contributed by atoms with Crippen molar-refractivity contribution in [2.75, 3.05) is 4.72 Å². The number of aromatic amines is 1. The fraction of sp³-hybridized carbons (Fsp3) is 0.182. The molecule has 7 heteroatoms. The summed E-state index contributed by atoms with van der Waals surface area (Å²) in [6.07, 6.45) is 1.28. The highest BCUT2D eigenvalue weighted by Crippen LogP contribution is 2.16. The average molecular weight is 286 g/mol. The van der Waals surface area contributed by atoms with Crippen LogP contribution in [0.5, 0.6) is 0 Å². The Morgan fingerprint density at radius 2 is 2.22 bits per heavy atom. The number of aromatic nitrogens is 2. The normalized spacial score (nSPS) is 11.4.